The van der Waals surface area contributed by atoms with Gasteiger partial charge in [0, 0.05) is 13.1 Å². The van der Waals surface area contributed by atoms with Gasteiger partial charge in [-0.25, -0.2) is 0 Å². The molecule has 0 saturated heterocycles. The average molecular weight is 411 g/mol. The Labute approximate surface area is 178 Å². The number of carbonyl (C=O) groups is 2. The van der Waals surface area contributed by atoms with Gasteiger partial charge in [-0.2, -0.15) is 0 Å². The minimum absolute atomic E-state index is 0.138. The highest BCUT2D eigenvalue weighted by molar-refractivity contribution is 6.05. The second-order valence-corrected chi connectivity index (χ2v) is 7.66. The molecule has 1 unspecified atom stereocenters. The van der Waals surface area contributed by atoms with E-state index in [4.69, 9.17) is 9.47 Å². The molecule has 0 spiro atoms. The van der Waals surface area contributed by atoms with Crippen molar-refractivity contribution in [1.29, 1.82) is 0 Å². The lowest BCUT2D eigenvalue weighted by atomic mass is 9.95. The van der Waals surface area contributed by atoms with E-state index in [-0.39, 0.29) is 17.9 Å². The maximum Gasteiger partial charge on any atom is 0.267 e. The van der Waals surface area contributed by atoms with Crippen LogP contribution in [0, 0.1) is 0 Å². The minimum atomic E-state index is -0.710. The molecule has 6 nitrogen and oxygen atoms in total. The molecule has 30 heavy (non-hydrogen) atoms. The molecule has 2 aromatic rings. The number of amides is 2. The molecule has 6 heteroatoms. The van der Waals surface area contributed by atoms with E-state index in [0.29, 0.717) is 17.0 Å². The van der Waals surface area contributed by atoms with Gasteiger partial charge in [-0.15, -0.1) is 0 Å². The van der Waals surface area contributed by atoms with Gasteiger partial charge in [-0.1, -0.05) is 31.4 Å². The van der Waals surface area contributed by atoms with Crippen LogP contribution in [0.5, 0.6) is 11.5 Å². The number of nitrogens with zero attached hydrogens (tertiary/aromatic N) is 1. The molecule has 0 aliphatic heterocycles. The zero-order chi connectivity index (χ0) is 21.5. The predicted molar refractivity (Wildman–Crippen MR) is 117 cm³/mol. The van der Waals surface area contributed by atoms with E-state index in [1.54, 1.807) is 57.5 Å². The van der Waals surface area contributed by atoms with Gasteiger partial charge in [0.1, 0.15) is 11.5 Å². The fraction of sp³-hybridized carbons (Fsp3) is 0.417. The molecule has 1 saturated carbocycles. The average Bonchev–Trinajstić information content (AvgIpc) is 2.79. The van der Waals surface area contributed by atoms with Crippen LogP contribution in [0.2, 0.25) is 0 Å². The van der Waals surface area contributed by atoms with E-state index in [1.165, 1.54) is 11.3 Å². The summed E-state index contributed by atoms with van der Waals surface area (Å²) in [5.74, 6) is 0.925. The smallest absolute Gasteiger partial charge is 0.267 e. The van der Waals surface area contributed by atoms with Crippen molar-refractivity contribution >= 4 is 17.5 Å². The van der Waals surface area contributed by atoms with Gasteiger partial charge >= 0.3 is 0 Å². The van der Waals surface area contributed by atoms with Crippen molar-refractivity contribution in [2.75, 3.05) is 19.1 Å². The quantitative estimate of drug-likeness (QED) is 0.743. The summed E-state index contributed by atoms with van der Waals surface area (Å²) in [4.78, 5) is 27.4. The van der Waals surface area contributed by atoms with Crippen molar-refractivity contribution in [3.05, 3.63) is 54.1 Å². The summed E-state index contributed by atoms with van der Waals surface area (Å²) < 4.78 is 10.9. The van der Waals surface area contributed by atoms with Crippen LogP contribution < -0.4 is 19.7 Å². The van der Waals surface area contributed by atoms with Crippen LogP contribution in [0.25, 0.3) is 0 Å². The number of methoxy groups -OCH3 is 1. The maximum absolute atomic E-state index is 13.0. The van der Waals surface area contributed by atoms with E-state index >= 15 is 0 Å². The molecule has 0 bridgehead atoms. The SMILES string of the molecule is COc1ccc(OC(C)C(=O)N(C)c2ccccc2C(=O)NC2CCCCC2)cc1. The summed E-state index contributed by atoms with van der Waals surface area (Å²) in [6.45, 7) is 1.70. The van der Waals surface area contributed by atoms with Crippen LogP contribution in [0.4, 0.5) is 5.69 Å². The number of benzene rings is 2. The Balaban J connectivity index is 1.69. The number of likely N-dealkylation sites (N-methyl/N-ethyl adjacent to an activating group) is 1. The van der Waals surface area contributed by atoms with Gasteiger partial charge in [0.25, 0.3) is 11.8 Å². The third-order valence-corrected chi connectivity index (χ3v) is 5.50. The molecule has 2 aromatic carbocycles. The Bertz CT molecular complexity index is 860. The summed E-state index contributed by atoms with van der Waals surface area (Å²) in [6.07, 6.45) is 4.82. The predicted octanol–water partition coefficient (Wildman–Crippen LogP) is 4.19. The molecule has 0 radical (unpaired) electrons. The number of nitrogens with one attached hydrogen (secondary N) is 1. The van der Waals surface area contributed by atoms with E-state index in [2.05, 4.69) is 5.32 Å². The lowest BCUT2D eigenvalue weighted by Gasteiger charge is -2.26. The summed E-state index contributed by atoms with van der Waals surface area (Å²) >= 11 is 0. The number of ether oxygens (including phenoxy) is 2. The van der Waals surface area contributed by atoms with Crippen LogP contribution in [0.1, 0.15) is 49.4 Å². The second-order valence-electron chi connectivity index (χ2n) is 7.66. The van der Waals surface area contributed by atoms with Crippen LogP contribution in [0.3, 0.4) is 0 Å². The fourth-order valence-corrected chi connectivity index (χ4v) is 3.77. The summed E-state index contributed by atoms with van der Waals surface area (Å²) in [5, 5.41) is 3.13. The molecule has 160 valence electrons. The van der Waals surface area contributed by atoms with Gasteiger partial charge in [0.2, 0.25) is 0 Å². The minimum Gasteiger partial charge on any atom is -0.497 e. The highest BCUT2D eigenvalue weighted by Gasteiger charge is 2.25. The van der Waals surface area contributed by atoms with Gasteiger partial charge in [-0.05, 0) is 56.2 Å². The van der Waals surface area contributed by atoms with Crippen molar-refractivity contribution in [3.63, 3.8) is 0 Å². The first kappa shape index (κ1) is 21.7. The molecule has 1 aliphatic rings. The van der Waals surface area contributed by atoms with E-state index in [0.717, 1.165) is 31.4 Å². The van der Waals surface area contributed by atoms with Crippen LogP contribution in [-0.4, -0.2) is 38.1 Å². The Morgan fingerprint density at radius 1 is 1.00 bits per heavy atom. The number of carbonyl (C=O) groups excluding carboxylic acids is 2. The Morgan fingerprint density at radius 3 is 2.30 bits per heavy atom. The molecule has 1 fully saturated rings. The largest absolute Gasteiger partial charge is 0.497 e. The van der Waals surface area contributed by atoms with Gasteiger partial charge in [0.05, 0.1) is 18.4 Å². The van der Waals surface area contributed by atoms with Crippen LogP contribution in [0.15, 0.2) is 48.5 Å². The summed E-state index contributed by atoms with van der Waals surface area (Å²) in [6, 6.07) is 14.5. The zero-order valence-corrected chi connectivity index (χ0v) is 17.9. The molecule has 3 rings (SSSR count). The standard InChI is InChI=1S/C24H30N2O4/c1-17(30-20-15-13-19(29-3)14-16-20)24(28)26(2)22-12-8-7-11-21(22)23(27)25-18-9-5-4-6-10-18/h7-8,11-18H,4-6,9-10H2,1-3H3,(H,25,27). The number of rotatable bonds is 7. The monoisotopic (exact) mass is 410 g/mol. The molecular weight excluding hydrogens is 380 g/mol. The highest BCUT2D eigenvalue weighted by atomic mass is 16.5. The third-order valence-electron chi connectivity index (χ3n) is 5.50. The van der Waals surface area contributed by atoms with Gasteiger partial charge in [0.15, 0.2) is 6.10 Å². The summed E-state index contributed by atoms with van der Waals surface area (Å²) in [7, 11) is 3.27. The molecule has 1 N–H and O–H groups in total. The summed E-state index contributed by atoms with van der Waals surface area (Å²) in [5.41, 5.74) is 1.07. The Hall–Kier alpha value is -3.02. The van der Waals surface area contributed by atoms with E-state index in [1.807, 2.05) is 12.1 Å². The van der Waals surface area contributed by atoms with Crippen molar-refractivity contribution < 1.29 is 19.1 Å². The molecule has 0 aromatic heterocycles. The lowest BCUT2D eigenvalue weighted by molar-refractivity contribution is -0.124. The third kappa shape index (κ3) is 5.32. The Kier molecular flexibility index (Phi) is 7.33. The zero-order valence-electron chi connectivity index (χ0n) is 17.9. The van der Waals surface area contributed by atoms with Crippen LogP contribution in [-0.2, 0) is 4.79 Å². The van der Waals surface area contributed by atoms with Crippen molar-refractivity contribution in [3.8, 4) is 11.5 Å². The number of hydrogen-bond donors (Lipinski definition) is 1. The topological polar surface area (TPSA) is 67.9 Å². The first-order valence-corrected chi connectivity index (χ1v) is 10.5. The van der Waals surface area contributed by atoms with Crippen molar-refractivity contribution in [1.82, 2.24) is 5.32 Å². The molecule has 2 amide bonds. The fourth-order valence-electron chi connectivity index (χ4n) is 3.77. The maximum atomic E-state index is 13.0. The first-order valence-electron chi connectivity index (χ1n) is 10.5. The normalized spacial score (nSPS) is 15.2. The van der Waals surface area contributed by atoms with E-state index < -0.39 is 6.10 Å². The number of para-hydroxylation sites is 1. The molecule has 1 atom stereocenters. The van der Waals surface area contributed by atoms with Gasteiger partial charge in [-0.3, -0.25) is 9.59 Å². The highest BCUT2D eigenvalue weighted by Crippen LogP contribution is 2.24. The number of hydrogen-bond acceptors (Lipinski definition) is 4. The van der Waals surface area contributed by atoms with E-state index in [9.17, 15) is 9.59 Å². The first-order chi connectivity index (χ1) is 14.5. The molecule has 0 heterocycles. The number of anilines is 1. The molecular formula is C24H30N2O4. The van der Waals surface area contributed by atoms with Gasteiger partial charge < -0.3 is 19.7 Å². The molecule has 1 aliphatic carbocycles. The second kappa shape index (κ2) is 10.1. The van der Waals surface area contributed by atoms with Crippen LogP contribution >= 0.6 is 0 Å². The Morgan fingerprint density at radius 2 is 1.63 bits per heavy atom. The van der Waals surface area contributed by atoms with Crippen molar-refractivity contribution in [2.45, 2.75) is 51.2 Å². The lowest BCUT2D eigenvalue weighted by Crippen LogP contribution is -2.40. The van der Waals surface area contributed by atoms with Crippen molar-refractivity contribution in [2.24, 2.45) is 0 Å².